The highest BCUT2D eigenvalue weighted by Crippen LogP contribution is 2.50. The first-order valence-corrected chi connectivity index (χ1v) is 12.9. The number of nitrogens with zero attached hydrogens (tertiary/aromatic N) is 2. The van der Waals surface area contributed by atoms with E-state index in [0.717, 1.165) is 43.2 Å². The summed E-state index contributed by atoms with van der Waals surface area (Å²) in [5.74, 6) is -0.513. The largest absolute Gasteiger partial charge is 0.419 e. The van der Waals surface area contributed by atoms with Crippen molar-refractivity contribution in [2.45, 2.75) is 63.6 Å². The smallest absolute Gasteiger partial charge is 0.408 e. The number of anilines is 1. The number of nitrogens with one attached hydrogen (secondary N) is 1. The summed E-state index contributed by atoms with van der Waals surface area (Å²) in [6.07, 6.45) is 5.27. The number of piperidine rings is 1. The number of halogens is 1. The minimum atomic E-state index is -0.719. The number of aryl methyl sites for hydroxylation is 1. The SMILES string of the molecule is CCCn1c(=O)oc2cc(NC(=O)CN3CC[C@@]4(O)CCCC[C@H]4[C@@H]3c3ccccc3Cl)ccc21. The minimum Gasteiger partial charge on any atom is -0.408 e. The Kier molecular flexibility index (Phi) is 6.75. The van der Waals surface area contributed by atoms with Gasteiger partial charge in [-0.3, -0.25) is 14.3 Å². The van der Waals surface area contributed by atoms with Gasteiger partial charge in [0.15, 0.2) is 5.58 Å². The van der Waals surface area contributed by atoms with Crippen molar-refractivity contribution in [3.8, 4) is 0 Å². The lowest BCUT2D eigenvalue weighted by molar-refractivity contribution is -0.135. The van der Waals surface area contributed by atoms with E-state index in [9.17, 15) is 14.7 Å². The summed E-state index contributed by atoms with van der Waals surface area (Å²) in [4.78, 5) is 27.4. The lowest BCUT2D eigenvalue weighted by atomic mass is 9.66. The molecular weight excluding hydrogens is 466 g/mol. The first-order chi connectivity index (χ1) is 16.9. The monoisotopic (exact) mass is 497 g/mol. The van der Waals surface area contributed by atoms with Crippen molar-refractivity contribution < 1.29 is 14.3 Å². The summed E-state index contributed by atoms with van der Waals surface area (Å²) < 4.78 is 6.99. The summed E-state index contributed by atoms with van der Waals surface area (Å²) in [5, 5.41) is 15.1. The third-order valence-electron chi connectivity index (χ3n) is 7.64. The van der Waals surface area contributed by atoms with Crippen molar-refractivity contribution in [2.24, 2.45) is 5.92 Å². The standard InChI is InChI=1S/C27H32ClN3O4/c1-2-14-31-22-11-10-18(16-23(22)35-26(31)33)29-24(32)17-30-15-13-27(34)12-6-5-8-20(27)25(30)19-7-3-4-9-21(19)28/h3-4,7,9-11,16,20,25,34H,2,5-6,8,12-15,17H2,1H3,(H,29,32)/t20-,25-,27-/m0/s1. The highest BCUT2D eigenvalue weighted by molar-refractivity contribution is 6.31. The molecular formula is C27H32ClN3O4. The van der Waals surface area contributed by atoms with Crippen LogP contribution in [0.2, 0.25) is 5.02 Å². The Morgan fingerprint density at radius 2 is 2.06 bits per heavy atom. The Hall–Kier alpha value is -2.61. The Labute approximate surface area is 209 Å². The molecule has 0 bridgehead atoms. The summed E-state index contributed by atoms with van der Waals surface area (Å²) in [6.45, 7) is 3.39. The maximum Gasteiger partial charge on any atom is 0.419 e. The molecule has 0 radical (unpaired) electrons. The number of fused-ring (bicyclic) bond motifs is 2. The van der Waals surface area contributed by atoms with Gasteiger partial charge in [0.1, 0.15) is 0 Å². The van der Waals surface area contributed by atoms with Crippen LogP contribution in [0.3, 0.4) is 0 Å². The molecule has 3 aromatic rings. The number of hydrogen-bond donors (Lipinski definition) is 2. The van der Waals surface area contributed by atoms with E-state index in [1.54, 1.807) is 22.8 Å². The zero-order valence-corrected chi connectivity index (χ0v) is 20.8. The zero-order valence-electron chi connectivity index (χ0n) is 20.0. The van der Waals surface area contributed by atoms with Gasteiger partial charge in [-0.25, -0.2) is 4.79 Å². The molecule has 2 aromatic carbocycles. The summed E-state index contributed by atoms with van der Waals surface area (Å²) in [7, 11) is 0. The van der Waals surface area contributed by atoms with Crippen molar-refractivity contribution >= 4 is 34.3 Å². The van der Waals surface area contributed by atoms with Crippen LogP contribution in [0, 0.1) is 5.92 Å². The number of carbonyl (C=O) groups excluding carboxylic acids is 1. The molecule has 2 heterocycles. The summed E-state index contributed by atoms with van der Waals surface area (Å²) in [5.41, 5.74) is 2.01. The van der Waals surface area contributed by atoms with Gasteiger partial charge in [-0.15, -0.1) is 0 Å². The van der Waals surface area contributed by atoms with Gasteiger partial charge in [0.05, 0.1) is 17.7 Å². The average Bonchev–Trinajstić information content (AvgIpc) is 3.14. The van der Waals surface area contributed by atoms with Gasteiger partial charge in [0, 0.05) is 41.8 Å². The van der Waals surface area contributed by atoms with Crippen LogP contribution in [0.15, 0.2) is 51.7 Å². The van der Waals surface area contributed by atoms with Gasteiger partial charge >= 0.3 is 5.76 Å². The number of aliphatic hydroxyl groups is 1. The average molecular weight is 498 g/mol. The van der Waals surface area contributed by atoms with E-state index >= 15 is 0 Å². The van der Waals surface area contributed by atoms with E-state index in [-0.39, 0.29) is 30.2 Å². The molecule has 35 heavy (non-hydrogen) atoms. The minimum absolute atomic E-state index is 0.0293. The zero-order chi connectivity index (χ0) is 24.6. The van der Waals surface area contributed by atoms with E-state index < -0.39 is 5.60 Å². The fraction of sp³-hybridized carbons (Fsp3) is 0.481. The number of rotatable bonds is 6. The molecule has 0 spiro atoms. The van der Waals surface area contributed by atoms with Gasteiger partial charge < -0.3 is 14.8 Å². The molecule has 3 atom stereocenters. The molecule has 5 rings (SSSR count). The highest BCUT2D eigenvalue weighted by atomic mass is 35.5. The molecule has 1 aliphatic heterocycles. The van der Waals surface area contributed by atoms with Crippen LogP contribution in [0.5, 0.6) is 0 Å². The van der Waals surface area contributed by atoms with Crippen molar-refractivity contribution in [3.05, 3.63) is 63.6 Å². The number of hydrogen-bond acceptors (Lipinski definition) is 5. The number of aromatic nitrogens is 1. The van der Waals surface area contributed by atoms with E-state index in [0.29, 0.717) is 35.8 Å². The number of carbonyl (C=O) groups is 1. The van der Waals surface area contributed by atoms with Gasteiger partial charge in [-0.2, -0.15) is 0 Å². The van der Waals surface area contributed by atoms with Crippen LogP contribution in [0.4, 0.5) is 5.69 Å². The lowest BCUT2D eigenvalue weighted by Gasteiger charge is -2.52. The molecule has 2 fully saturated rings. The molecule has 186 valence electrons. The van der Waals surface area contributed by atoms with Crippen molar-refractivity contribution in [1.29, 1.82) is 0 Å². The number of likely N-dealkylation sites (tertiary alicyclic amines) is 1. The normalized spacial score (nSPS) is 24.9. The van der Waals surface area contributed by atoms with Gasteiger partial charge in [-0.05, 0) is 49.4 Å². The van der Waals surface area contributed by atoms with Crippen LogP contribution in [-0.2, 0) is 11.3 Å². The van der Waals surface area contributed by atoms with Crippen LogP contribution in [0.25, 0.3) is 11.1 Å². The fourth-order valence-corrected chi connectivity index (χ4v) is 6.26. The quantitative estimate of drug-likeness (QED) is 0.502. The summed E-state index contributed by atoms with van der Waals surface area (Å²) >= 11 is 6.61. The summed E-state index contributed by atoms with van der Waals surface area (Å²) in [6, 6.07) is 12.9. The van der Waals surface area contributed by atoms with Gasteiger partial charge in [0.2, 0.25) is 5.91 Å². The third-order valence-corrected chi connectivity index (χ3v) is 7.99. The molecule has 2 N–H and O–H groups in total. The molecule has 8 heteroatoms. The molecule has 7 nitrogen and oxygen atoms in total. The second-order valence-corrected chi connectivity index (χ2v) is 10.3. The van der Waals surface area contributed by atoms with Crippen LogP contribution in [-0.4, -0.2) is 39.2 Å². The van der Waals surface area contributed by atoms with E-state index in [2.05, 4.69) is 10.2 Å². The lowest BCUT2D eigenvalue weighted by Crippen LogP contribution is -2.56. The van der Waals surface area contributed by atoms with Crippen molar-refractivity contribution in [2.75, 3.05) is 18.4 Å². The topological polar surface area (TPSA) is 87.7 Å². The number of benzene rings is 2. The molecule has 1 aliphatic carbocycles. The predicted octanol–water partition coefficient (Wildman–Crippen LogP) is 4.96. The third kappa shape index (κ3) is 4.65. The number of amides is 1. The molecule has 0 unspecified atom stereocenters. The maximum absolute atomic E-state index is 13.1. The Bertz CT molecular complexity index is 1280. The van der Waals surface area contributed by atoms with E-state index in [1.165, 1.54) is 0 Å². The van der Waals surface area contributed by atoms with Crippen LogP contribution in [0.1, 0.15) is 57.1 Å². The molecule has 2 aliphatic rings. The van der Waals surface area contributed by atoms with E-state index in [1.807, 2.05) is 31.2 Å². The fourth-order valence-electron chi connectivity index (χ4n) is 6.01. The van der Waals surface area contributed by atoms with Crippen LogP contribution >= 0.6 is 11.6 Å². The first kappa shape index (κ1) is 24.1. The Morgan fingerprint density at radius 3 is 2.86 bits per heavy atom. The molecule has 1 amide bonds. The van der Waals surface area contributed by atoms with Gasteiger partial charge in [0.25, 0.3) is 0 Å². The first-order valence-electron chi connectivity index (χ1n) is 12.5. The Morgan fingerprint density at radius 1 is 1.23 bits per heavy atom. The van der Waals surface area contributed by atoms with Crippen molar-refractivity contribution in [3.63, 3.8) is 0 Å². The second-order valence-electron chi connectivity index (χ2n) is 9.89. The predicted molar refractivity (Wildman–Crippen MR) is 137 cm³/mol. The molecule has 1 saturated heterocycles. The van der Waals surface area contributed by atoms with Crippen LogP contribution < -0.4 is 11.1 Å². The molecule has 1 aromatic heterocycles. The second kappa shape index (κ2) is 9.80. The Balaban J connectivity index is 1.37. The number of oxazole rings is 1. The molecule has 1 saturated carbocycles. The van der Waals surface area contributed by atoms with Crippen molar-refractivity contribution in [1.82, 2.24) is 9.47 Å². The van der Waals surface area contributed by atoms with Gasteiger partial charge in [-0.1, -0.05) is 49.6 Å². The maximum atomic E-state index is 13.1. The highest BCUT2D eigenvalue weighted by Gasteiger charge is 2.49. The van der Waals surface area contributed by atoms with E-state index in [4.69, 9.17) is 16.0 Å².